The van der Waals surface area contributed by atoms with Crippen LogP contribution in [0, 0.1) is 10.8 Å². The SMILES string of the molecule is CC[C@H](CC(=O)O)NC(=O)C1(CNC(=O)OCC2c3ccccc3-c3ccccc32)CC12CCC2. The predicted molar refractivity (Wildman–Crippen MR) is 131 cm³/mol. The van der Waals surface area contributed by atoms with Crippen LogP contribution in [0.4, 0.5) is 4.79 Å². The Morgan fingerprint density at radius 2 is 1.69 bits per heavy atom. The Hall–Kier alpha value is -3.35. The molecule has 184 valence electrons. The summed E-state index contributed by atoms with van der Waals surface area (Å²) >= 11 is 0. The van der Waals surface area contributed by atoms with Gasteiger partial charge in [-0.15, -0.1) is 0 Å². The van der Waals surface area contributed by atoms with E-state index in [1.807, 2.05) is 31.2 Å². The van der Waals surface area contributed by atoms with Gasteiger partial charge in [-0.2, -0.15) is 0 Å². The van der Waals surface area contributed by atoms with Crippen LogP contribution in [0.3, 0.4) is 0 Å². The number of rotatable bonds is 9. The lowest BCUT2D eigenvalue weighted by molar-refractivity contribution is -0.138. The third-order valence-corrected chi connectivity index (χ3v) is 8.40. The summed E-state index contributed by atoms with van der Waals surface area (Å²) in [6, 6.07) is 16.0. The number of carboxylic acid groups (broad SMARTS) is 1. The second-order valence-electron chi connectivity index (χ2n) is 10.2. The molecule has 2 saturated carbocycles. The molecule has 2 aromatic rings. The van der Waals surface area contributed by atoms with Crippen molar-refractivity contribution in [3.8, 4) is 11.1 Å². The fourth-order valence-electron chi connectivity index (χ4n) is 6.15. The van der Waals surface area contributed by atoms with Gasteiger partial charge in [0.15, 0.2) is 0 Å². The number of carboxylic acids is 1. The van der Waals surface area contributed by atoms with Crippen LogP contribution < -0.4 is 10.6 Å². The fourth-order valence-corrected chi connectivity index (χ4v) is 6.15. The van der Waals surface area contributed by atoms with Gasteiger partial charge in [-0.05, 0) is 53.4 Å². The average molecular weight is 477 g/mol. The minimum Gasteiger partial charge on any atom is -0.481 e. The standard InChI is InChI=1S/C28H32N2O5/c1-2-18(14-24(31)32)30-25(33)28(16-27(28)12-7-13-27)17-29-26(34)35-15-23-21-10-5-3-8-19(21)20-9-4-6-11-22(20)23/h3-6,8-11,18,23H,2,7,12-17H2,1H3,(H,29,34)(H,30,33)(H,31,32)/t18-,28?/m1/s1. The van der Waals surface area contributed by atoms with Crippen molar-refractivity contribution in [2.45, 2.75) is 57.4 Å². The monoisotopic (exact) mass is 476 g/mol. The van der Waals surface area contributed by atoms with Crippen LogP contribution in [-0.4, -0.2) is 42.3 Å². The lowest BCUT2D eigenvalue weighted by Gasteiger charge is -2.33. The number of hydrogen-bond acceptors (Lipinski definition) is 4. The molecule has 1 unspecified atom stereocenters. The molecule has 3 N–H and O–H groups in total. The number of carbonyl (C=O) groups excluding carboxylic acids is 2. The van der Waals surface area contributed by atoms with E-state index in [-0.39, 0.29) is 36.8 Å². The van der Waals surface area contributed by atoms with Gasteiger partial charge in [-0.25, -0.2) is 4.79 Å². The maximum absolute atomic E-state index is 13.2. The summed E-state index contributed by atoms with van der Waals surface area (Å²) in [4.78, 5) is 37.1. The maximum Gasteiger partial charge on any atom is 0.407 e. The first-order valence-electron chi connectivity index (χ1n) is 12.5. The molecule has 2 amide bonds. The summed E-state index contributed by atoms with van der Waals surface area (Å²) in [7, 11) is 0. The van der Waals surface area contributed by atoms with Gasteiger partial charge in [0.2, 0.25) is 5.91 Å². The van der Waals surface area contributed by atoms with Gasteiger partial charge in [-0.1, -0.05) is 61.9 Å². The average Bonchev–Trinajstić information content (AvgIpc) is 3.45. The molecule has 3 aliphatic rings. The van der Waals surface area contributed by atoms with Gasteiger partial charge in [0.05, 0.1) is 11.8 Å². The summed E-state index contributed by atoms with van der Waals surface area (Å²) in [5.41, 5.74) is 3.89. The van der Waals surface area contributed by atoms with E-state index in [0.29, 0.717) is 6.42 Å². The molecule has 0 bridgehead atoms. The van der Waals surface area contributed by atoms with Crippen molar-refractivity contribution in [1.29, 1.82) is 0 Å². The van der Waals surface area contributed by atoms with Crippen molar-refractivity contribution < 1.29 is 24.2 Å². The number of aliphatic carboxylic acids is 1. The summed E-state index contributed by atoms with van der Waals surface area (Å²) < 4.78 is 5.66. The van der Waals surface area contributed by atoms with E-state index in [1.54, 1.807) is 0 Å². The molecule has 7 heteroatoms. The first kappa shape index (κ1) is 23.4. The summed E-state index contributed by atoms with van der Waals surface area (Å²) in [5.74, 6) is -1.10. The van der Waals surface area contributed by atoms with E-state index >= 15 is 0 Å². The molecule has 3 aliphatic carbocycles. The first-order valence-corrected chi connectivity index (χ1v) is 12.5. The summed E-state index contributed by atoms with van der Waals surface area (Å²) in [5, 5.41) is 14.9. The van der Waals surface area contributed by atoms with E-state index in [2.05, 4.69) is 34.9 Å². The van der Waals surface area contributed by atoms with Gasteiger partial charge in [0.25, 0.3) is 0 Å². The highest BCUT2D eigenvalue weighted by Crippen LogP contribution is 2.73. The van der Waals surface area contributed by atoms with Gasteiger partial charge in [-0.3, -0.25) is 9.59 Å². The Bertz CT molecular complexity index is 1110. The molecule has 2 aromatic carbocycles. The van der Waals surface area contributed by atoms with Gasteiger partial charge in [0.1, 0.15) is 6.61 Å². The molecule has 7 nitrogen and oxygen atoms in total. The van der Waals surface area contributed by atoms with E-state index in [0.717, 1.165) is 36.8 Å². The zero-order valence-corrected chi connectivity index (χ0v) is 20.0. The molecule has 5 rings (SSSR count). The van der Waals surface area contributed by atoms with Gasteiger partial charge < -0.3 is 20.5 Å². The van der Waals surface area contributed by atoms with Crippen LogP contribution in [0.2, 0.25) is 0 Å². The van der Waals surface area contributed by atoms with Crippen molar-refractivity contribution in [2.24, 2.45) is 10.8 Å². The van der Waals surface area contributed by atoms with Crippen LogP contribution in [-0.2, 0) is 14.3 Å². The molecule has 2 fully saturated rings. The summed E-state index contributed by atoms with van der Waals surface area (Å²) in [6.07, 6.45) is 3.63. The molecular weight excluding hydrogens is 444 g/mol. The smallest absolute Gasteiger partial charge is 0.407 e. The van der Waals surface area contributed by atoms with Crippen LogP contribution in [0.15, 0.2) is 48.5 Å². The molecule has 0 aromatic heterocycles. The Morgan fingerprint density at radius 1 is 1.06 bits per heavy atom. The number of hydrogen-bond donors (Lipinski definition) is 3. The number of fused-ring (bicyclic) bond motifs is 3. The highest BCUT2D eigenvalue weighted by Gasteiger charge is 2.73. The predicted octanol–water partition coefficient (Wildman–Crippen LogP) is 4.46. The second-order valence-corrected chi connectivity index (χ2v) is 10.2. The van der Waals surface area contributed by atoms with E-state index in [1.165, 1.54) is 11.1 Å². The highest BCUT2D eigenvalue weighted by molar-refractivity contribution is 5.89. The van der Waals surface area contributed by atoms with Crippen LogP contribution >= 0.6 is 0 Å². The van der Waals surface area contributed by atoms with Crippen LogP contribution in [0.1, 0.15) is 62.5 Å². The quantitative estimate of drug-likeness (QED) is 0.496. The molecule has 0 radical (unpaired) electrons. The largest absolute Gasteiger partial charge is 0.481 e. The number of benzene rings is 2. The Morgan fingerprint density at radius 3 is 2.20 bits per heavy atom. The van der Waals surface area contributed by atoms with Crippen LogP contribution in [0.25, 0.3) is 11.1 Å². The van der Waals surface area contributed by atoms with Crippen molar-refractivity contribution in [3.05, 3.63) is 59.7 Å². The van der Waals surface area contributed by atoms with Crippen molar-refractivity contribution in [1.82, 2.24) is 10.6 Å². The molecule has 2 atom stereocenters. The molecular formula is C28H32N2O5. The molecule has 0 aliphatic heterocycles. The maximum atomic E-state index is 13.2. The Labute approximate surface area is 205 Å². The topological polar surface area (TPSA) is 105 Å². The number of nitrogens with one attached hydrogen (secondary N) is 2. The first-order chi connectivity index (χ1) is 16.9. The fraction of sp³-hybridized carbons (Fsp3) is 0.464. The molecule has 1 spiro atoms. The normalized spacial score (nSPS) is 21.9. The number of alkyl carbamates (subject to hydrolysis) is 1. The highest BCUT2D eigenvalue weighted by atomic mass is 16.5. The lowest BCUT2D eigenvalue weighted by atomic mass is 9.74. The number of amides is 2. The third-order valence-electron chi connectivity index (χ3n) is 8.40. The van der Waals surface area contributed by atoms with Crippen molar-refractivity contribution in [3.63, 3.8) is 0 Å². The number of carbonyl (C=O) groups is 3. The van der Waals surface area contributed by atoms with E-state index in [4.69, 9.17) is 9.84 Å². The number of ether oxygens (including phenoxy) is 1. The second kappa shape index (κ2) is 9.02. The van der Waals surface area contributed by atoms with Crippen molar-refractivity contribution in [2.75, 3.05) is 13.2 Å². The Kier molecular flexibility index (Phi) is 6.03. The van der Waals surface area contributed by atoms with E-state index in [9.17, 15) is 14.4 Å². The van der Waals surface area contributed by atoms with E-state index < -0.39 is 23.5 Å². The van der Waals surface area contributed by atoms with Crippen LogP contribution in [0.5, 0.6) is 0 Å². The minimum absolute atomic E-state index is 0.0226. The molecule has 0 saturated heterocycles. The Balaban J connectivity index is 1.22. The summed E-state index contributed by atoms with van der Waals surface area (Å²) in [6.45, 7) is 2.29. The zero-order chi connectivity index (χ0) is 24.6. The third kappa shape index (κ3) is 4.07. The van der Waals surface area contributed by atoms with Gasteiger partial charge >= 0.3 is 12.1 Å². The van der Waals surface area contributed by atoms with Crippen molar-refractivity contribution >= 4 is 18.0 Å². The molecule has 35 heavy (non-hydrogen) atoms. The lowest BCUT2D eigenvalue weighted by Crippen LogP contribution is -2.48. The minimum atomic E-state index is -0.933. The van der Waals surface area contributed by atoms with Gasteiger partial charge in [0, 0.05) is 18.5 Å². The molecule has 0 heterocycles. The zero-order valence-electron chi connectivity index (χ0n) is 20.0.